The largest absolute Gasteiger partial charge is 0.313 e. The Balaban J connectivity index is 2.15. The zero-order chi connectivity index (χ0) is 13.5. The molecular weight excluding hydrogens is 234 g/mol. The number of hydrogen-bond donors (Lipinski definition) is 1. The zero-order valence-electron chi connectivity index (χ0n) is 12.6. The van der Waals surface area contributed by atoms with E-state index in [9.17, 15) is 0 Å². The first-order chi connectivity index (χ1) is 9.36. The number of nitrogens with one attached hydrogen (secondary N) is 1. The van der Waals surface area contributed by atoms with Gasteiger partial charge in [0.25, 0.3) is 0 Å². The van der Waals surface area contributed by atoms with Crippen molar-refractivity contribution < 1.29 is 0 Å². The molecule has 1 heterocycles. The van der Waals surface area contributed by atoms with Crippen LogP contribution >= 0.6 is 0 Å². The Kier molecular flexibility index (Phi) is 5.90. The van der Waals surface area contributed by atoms with Crippen molar-refractivity contribution in [1.82, 2.24) is 15.1 Å². The predicted octanol–water partition coefficient (Wildman–Crippen LogP) is 3.84. The van der Waals surface area contributed by atoms with Crippen LogP contribution in [0.1, 0.15) is 76.1 Å². The Bertz CT molecular complexity index is 362. The van der Waals surface area contributed by atoms with Crippen LogP contribution in [0.25, 0.3) is 0 Å². The van der Waals surface area contributed by atoms with Crippen LogP contribution in [0, 0.1) is 0 Å². The average Bonchev–Trinajstić information content (AvgIpc) is 2.65. The second-order valence-corrected chi connectivity index (χ2v) is 5.74. The second-order valence-electron chi connectivity index (χ2n) is 5.74. The number of rotatable bonds is 6. The first kappa shape index (κ1) is 14.6. The van der Waals surface area contributed by atoms with E-state index >= 15 is 0 Å². The molecule has 1 aromatic rings. The number of nitrogens with zero attached hydrogens (tertiary/aromatic N) is 2. The highest BCUT2D eigenvalue weighted by Gasteiger charge is 2.19. The van der Waals surface area contributed by atoms with E-state index in [0.717, 1.165) is 19.5 Å². The van der Waals surface area contributed by atoms with E-state index in [1.165, 1.54) is 56.2 Å². The Morgan fingerprint density at radius 2 is 1.95 bits per heavy atom. The molecule has 0 radical (unpaired) electrons. The molecule has 0 aliphatic heterocycles. The van der Waals surface area contributed by atoms with Crippen molar-refractivity contribution in [2.75, 3.05) is 6.54 Å². The Morgan fingerprint density at radius 3 is 2.58 bits per heavy atom. The van der Waals surface area contributed by atoms with Crippen LogP contribution in [-0.4, -0.2) is 16.3 Å². The summed E-state index contributed by atoms with van der Waals surface area (Å²) in [5.41, 5.74) is 2.89. The third-order valence-corrected chi connectivity index (χ3v) is 4.21. The van der Waals surface area contributed by atoms with Gasteiger partial charge in [0.2, 0.25) is 0 Å². The Hall–Kier alpha value is -0.830. The normalized spacial score (nSPS) is 17.6. The molecule has 0 spiro atoms. The molecule has 1 saturated carbocycles. The van der Waals surface area contributed by atoms with Gasteiger partial charge in [-0.3, -0.25) is 4.68 Å². The second kappa shape index (κ2) is 7.68. The van der Waals surface area contributed by atoms with Crippen molar-refractivity contribution in [2.45, 2.75) is 77.8 Å². The highest BCUT2D eigenvalue weighted by Crippen LogP contribution is 2.29. The molecular formula is C16H29N3. The third-order valence-electron chi connectivity index (χ3n) is 4.21. The summed E-state index contributed by atoms with van der Waals surface area (Å²) in [7, 11) is 0. The van der Waals surface area contributed by atoms with Gasteiger partial charge in [-0.05, 0) is 25.8 Å². The van der Waals surface area contributed by atoms with Crippen LogP contribution in [0.4, 0.5) is 0 Å². The van der Waals surface area contributed by atoms with Crippen molar-refractivity contribution in [1.29, 1.82) is 0 Å². The maximum absolute atomic E-state index is 4.73. The van der Waals surface area contributed by atoms with Gasteiger partial charge in [-0.15, -0.1) is 0 Å². The zero-order valence-corrected chi connectivity index (χ0v) is 12.6. The number of aromatic nitrogens is 2. The summed E-state index contributed by atoms with van der Waals surface area (Å²) in [5.74, 6) is 0. The summed E-state index contributed by atoms with van der Waals surface area (Å²) < 4.78 is 2.36. The molecule has 0 atom stereocenters. The highest BCUT2D eigenvalue weighted by molar-refractivity contribution is 5.18. The summed E-state index contributed by atoms with van der Waals surface area (Å²) in [4.78, 5) is 0. The molecule has 108 valence electrons. The molecule has 0 aromatic carbocycles. The monoisotopic (exact) mass is 263 g/mol. The Labute approximate surface area is 117 Å². The molecule has 2 rings (SSSR count). The lowest BCUT2D eigenvalue weighted by atomic mass is 10.1. The summed E-state index contributed by atoms with van der Waals surface area (Å²) >= 11 is 0. The fourth-order valence-corrected chi connectivity index (χ4v) is 3.16. The van der Waals surface area contributed by atoms with Gasteiger partial charge in [-0.1, -0.05) is 46.0 Å². The molecule has 1 aromatic heterocycles. The minimum Gasteiger partial charge on any atom is -0.313 e. The van der Waals surface area contributed by atoms with Gasteiger partial charge in [0, 0.05) is 17.8 Å². The summed E-state index contributed by atoms with van der Waals surface area (Å²) in [6, 6.07) is 0.652. The summed E-state index contributed by atoms with van der Waals surface area (Å²) in [6.45, 7) is 6.43. The Morgan fingerprint density at radius 1 is 1.21 bits per heavy atom. The van der Waals surface area contributed by atoms with Crippen molar-refractivity contribution >= 4 is 0 Å². The lowest BCUT2D eigenvalue weighted by molar-refractivity contribution is 0.392. The molecule has 0 saturated heterocycles. The van der Waals surface area contributed by atoms with Crippen molar-refractivity contribution in [2.24, 2.45) is 0 Å². The van der Waals surface area contributed by atoms with E-state index in [1.807, 2.05) is 0 Å². The van der Waals surface area contributed by atoms with Gasteiger partial charge in [-0.25, -0.2) is 0 Å². The third kappa shape index (κ3) is 3.82. The first-order valence-electron chi connectivity index (χ1n) is 8.12. The molecule has 1 N–H and O–H groups in total. The van der Waals surface area contributed by atoms with Crippen molar-refractivity contribution in [3.05, 3.63) is 17.5 Å². The van der Waals surface area contributed by atoms with Gasteiger partial charge in [0.15, 0.2) is 0 Å². The molecule has 3 heteroatoms. The topological polar surface area (TPSA) is 29.9 Å². The maximum Gasteiger partial charge on any atom is 0.0537 e. The molecule has 0 unspecified atom stereocenters. The van der Waals surface area contributed by atoms with E-state index in [0.29, 0.717) is 6.04 Å². The fraction of sp³-hybridized carbons (Fsp3) is 0.812. The van der Waals surface area contributed by atoms with Crippen molar-refractivity contribution in [3.8, 4) is 0 Å². The van der Waals surface area contributed by atoms with Gasteiger partial charge in [0.05, 0.1) is 12.2 Å². The van der Waals surface area contributed by atoms with Crippen LogP contribution in [0.3, 0.4) is 0 Å². The lowest BCUT2D eigenvalue weighted by Crippen LogP contribution is -2.16. The van der Waals surface area contributed by atoms with E-state index in [4.69, 9.17) is 5.10 Å². The van der Waals surface area contributed by atoms with Crippen molar-refractivity contribution in [3.63, 3.8) is 0 Å². The standard InChI is InChI=1S/C16H29N3/c1-3-9-16-14(12-17-4-2)13-18-19(16)15-10-7-5-6-8-11-15/h13,15,17H,3-12H2,1-2H3. The average molecular weight is 263 g/mol. The predicted molar refractivity (Wildman–Crippen MR) is 80.3 cm³/mol. The molecule has 1 aliphatic rings. The van der Waals surface area contributed by atoms with Crippen LogP contribution < -0.4 is 5.32 Å². The van der Waals surface area contributed by atoms with Crippen LogP contribution in [-0.2, 0) is 13.0 Å². The van der Waals surface area contributed by atoms with Crippen LogP contribution in [0.5, 0.6) is 0 Å². The van der Waals surface area contributed by atoms with Gasteiger partial charge < -0.3 is 5.32 Å². The SMILES string of the molecule is CCCc1c(CNCC)cnn1C1CCCCCC1. The minimum absolute atomic E-state index is 0.652. The van der Waals surface area contributed by atoms with E-state index < -0.39 is 0 Å². The van der Waals surface area contributed by atoms with Gasteiger partial charge in [-0.2, -0.15) is 5.10 Å². The minimum atomic E-state index is 0.652. The molecule has 1 aliphatic carbocycles. The summed E-state index contributed by atoms with van der Waals surface area (Å²) in [6.07, 6.45) is 12.7. The number of hydrogen-bond acceptors (Lipinski definition) is 2. The van der Waals surface area contributed by atoms with Gasteiger partial charge in [0.1, 0.15) is 0 Å². The quantitative estimate of drug-likeness (QED) is 0.790. The lowest BCUT2D eigenvalue weighted by Gasteiger charge is -2.19. The van der Waals surface area contributed by atoms with Crippen LogP contribution in [0.2, 0.25) is 0 Å². The molecule has 0 bridgehead atoms. The summed E-state index contributed by atoms with van der Waals surface area (Å²) in [5, 5.41) is 8.17. The smallest absolute Gasteiger partial charge is 0.0537 e. The molecule has 3 nitrogen and oxygen atoms in total. The fourth-order valence-electron chi connectivity index (χ4n) is 3.16. The maximum atomic E-state index is 4.73. The first-order valence-corrected chi connectivity index (χ1v) is 8.12. The van der Waals surface area contributed by atoms with E-state index in [2.05, 4.69) is 30.0 Å². The molecule has 19 heavy (non-hydrogen) atoms. The van der Waals surface area contributed by atoms with E-state index in [1.54, 1.807) is 0 Å². The van der Waals surface area contributed by atoms with E-state index in [-0.39, 0.29) is 0 Å². The van der Waals surface area contributed by atoms with Gasteiger partial charge >= 0.3 is 0 Å². The van der Waals surface area contributed by atoms with Crippen LogP contribution in [0.15, 0.2) is 6.20 Å². The molecule has 1 fully saturated rings. The molecule has 0 amide bonds. The highest BCUT2D eigenvalue weighted by atomic mass is 15.3.